The number of aryl methyl sites for hydroxylation is 2. The lowest BCUT2D eigenvalue weighted by Gasteiger charge is -2.14. The monoisotopic (exact) mass is 307 g/mol. The smallest absolute Gasteiger partial charge is 0.185 e. The van der Waals surface area contributed by atoms with Gasteiger partial charge >= 0.3 is 0 Å². The van der Waals surface area contributed by atoms with Crippen LogP contribution in [0.4, 0.5) is 5.13 Å². The Bertz CT molecular complexity index is 560. The zero-order chi connectivity index (χ0) is 15.2. The van der Waals surface area contributed by atoms with Crippen molar-refractivity contribution in [3.05, 3.63) is 28.5 Å². The normalized spacial score (nSPS) is 11.0. The van der Waals surface area contributed by atoms with Gasteiger partial charge < -0.3 is 10.2 Å². The lowest BCUT2D eigenvalue weighted by atomic mass is 10.2. The quantitative estimate of drug-likeness (QED) is 0.814. The third-order valence-corrected chi connectivity index (χ3v) is 4.51. The van der Waals surface area contributed by atoms with E-state index in [1.165, 1.54) is 16.1 Å². The molecule has 2 aromatic rings. The van der Waals surface area contributed by atoms with E-state index in [4.69, 9.17) is 4.98 Å². The van der Waals surface area contributed by atoms with Gasteiger partial charge in [-0.15, -0.1) is 11.3 Å². The number of aromatic nitrogens is 3. The summed E-state index contributed by atoms with van der Waals surface area (Å²) in [6.45, 7) is 7.09. The summed E-state index contributed by atoms with van der Waals surface area (Å²) in [6.07, 6.45) is 6.15. The van der Waals surface area contributed by atoms with Crippen LogP contribution in [-0.4, -0.2) is 28.4 Å². The van der Waals surface area contributed by atoms with Gasteiger partial charge in [0.2, 0.25) is 0 Å². The number of nitrogens with zero attached hydrogens (tertiary/aromatic N) is 4. The maximum absolute atomic E-state index is 4.83. The Hall–Kier alpha value is -1.40. The summed E-state index contributed by atoms with van der Waals surface area (Å²) in [6, 6.07) is 0. The highest BCUT2D eigenvalue weighted by atomic mass is 32.1. The molecule has 0 atom stereocenters. The molecule has 0 unspecified atom stereocenters. The SMILES string of the molecule is CCCc1nc(N(C)Cc2cnn(C)c2)sc1CNCC. The predicted molar refractivity (Wildman–Crippen MR) is 88.8 cm³/mol. The van der Waals surface area contributed by atoms with Crippen LogP contribution in [0, 0.1) is 0 Å². The standard InChI is InChI=1S/C15H25N5S/c1-5-7-13-14(9-16-6-2)21-15(18-13)19(3)10-12-8-17-20(4)11-12/h8,11,16H,5-7,9-10H2,1-4H3. The van der Waals surface area contributed by atoms with Crippen LogP contribution in [0.2, 0.25) is 0 Å². The van der Waals surface area contributed by atoms with Crippen LogP contribution in [0.1, 0.15) is 36.4 Å². The van der Waals surface area contributed by atoms with E-state index in [0.717, 1.165) is 37.6 Å². The Morgan fingerprint density at radius 1 is 1.38 bits per heavy atom. The van der Waals surface area contributed by atoms with Crippen molar-refractivity contribution in [1.82, 2.24) is 20.1 Å². The number of hydrogen-bond donors (Lipinski definition) is 1. The molecular formula is C15H25N5S. The molecular weight excluding hydrogens is 282 g/mol. The minimum Gasteiger partial charge on any atom is -0.347 e. The number of nitrogens with one attached hydrogen (secondary N) is 1. The summed E-state index contributed by atoms with van der Waals surface area (Å²) in [5.74, 6) is 0. The molecule has 0 saturated carbocycles. The fourth-order valence-corrected chi connectivity index (χ4v) is 3.27. The Morgan fingerprint density at radius 2 is 2.19 bits per heavy atom. The van der Waals surface area contributed by atoms with Crippen molar-refractivity contribution in [2.45, 2.75) is 39.8 Å². The molecule has 0 saturated heterocycles. The van der Waals surface area contributed by atoms with Crippen molar-refractivity contribution >= 4 is 16.5 Å². The summed E-state index contributed by atoms with van der Waals surface area (Å²) in [4.78, 5) is 8.40. The molecule has 0 spiro atoms. The van der Waals surface area contributed by atoms with Crippen LogP contribution in [-0.2, 0) is 26.6 Å². The van der Waals surface area contributed by atoms with E-state index in [-0.39, 0.29) is 0 Å². The highest BCUT2D eigenvalue weighted by molar-refractivity contribution is 7.15. The molecule has 0 amide bonds. The van der Waals surface area contributed by atoms with Gasteiger partial charge in [0.25, 0.3) is 0 Å². The highest BCUT2D eigenvalue weighted by Crippen LogP contribution is 2.27. The molecule has 0 fully saturated rings. The van der Waals surface area contributed by atoms with Crippen LogP contribution in [0.3, 0.4) is 0 Å². The summed E-state index contributed by atoms with van der Waals surface area (Å²) in [5.41, 5.74) is 2.46. The second-order valence-corrected chi connectivity index (χ2v) is 6.34. The largest absolute Gasteiger partial charge is 0.347 e. The summed E-state index contributed by atoms with van der Waals surface area (Å²) < 4.78 is 1.84. The average molecular weight is 307 g/mol. The van der Waals surface area contributed by atoms with Crippen LogP contribution < -0.4 is 10.2 Å². The number of thiazole rings is 1. The third kappa shape index (κ3) is 4.28. The zero-order valence-corrected chi connectivity index (χ0v) is 14.2. The maximum atomic E-state index is 4.83. The molecule has 0 aromatic carbocycles. The van der Waals surface area contributed by atoms with Crippen molar-refractivity contribution in [2.24, 2.45) is 7.05 Å². The summed E-state index contributed by atoms with van der Waals surface area (Å²) in [5, 5.41) is 8.72. The van der Waals surface area contributed by atoms with Crippen LogP contribution >= 0.6 is 11.3 Å². The van der Waals surface area contributed by atoms with Crippen LogP contribution in [0.25, 0.3) is 0 Å². The first kappa shape index (κ1) is 16.0. The molecule has 6 heteroatoms. The molecule has 2 rings (SSSR count). The van der Waals surface area contributed by atoms with Gasteiger partial charge in [0.05, 0.1) is 11.9 Å². The number of rotatable bonds is 8. The molecule has 116 valence electrons. The maximum Gasteiger partial charge on any atom is 0.185 e. The number of anilines is 1. The molecule has 0 aliphatic heterocycles. The van der Waals surface area contributed by atoms with Crippen molar-refractivity contribution in [1.29, 1.82) is 0 Å². The van der Waals surface area contributed by atoms with E-state index in [1.54, 1.807) is 11.3 Å². The van der Waals surface area contributed by atoms with E-state index < -0.39 is 0 Å². The molecule has 0 aliphatic carbocycles. The molecule has 0 bridgehead atoms. The fourth-order valence-electron chi connectivity index (χ4n) is 2.24. The molecule has 2 aromatic heterocycles. The van der Waals surface area contributed by atoms with Crippen LogP contribution in [0.5, 0.6) is 0 Å². The van der Waals surface area contributed by atoms with E-state index >= 15 is 0 Å². The second-order valence-electron chi connectivity index (χ2n) is 5.27. The Labute approximate surface area is 131 Å². The third-order valence-electron chi connectivity index (χ3n) is 3.29. The van der Waals surface area contributed by atoms with Gasteiger partial charge in [-0.05, 0) is 13.0 Å². The second kappa shape index (κ2) is 7.56. The lowest BCUT2D eigenvalue weighted by Crippen LogP contribution is -2.15. The van der Waals surface area contributed by atoms with Gasteiger partial charge in [0.1, 0.15) is 0 Å². The molecule has 21 heavy (non-hydrogen) atoms. The molecule has 2 heterocycles. The number of hydrogen-bond acceptors (Lipinski definition) is 5. The summed E-state index contributed by atoms with van der Waals surface area (Å²) in [7, 11) is 4.04. The molecule has 0 radical (unpaired) electrons. The van der Waals surface area contributed by atoms with E-state index in [2.05, 4.69) is 42.4 Å². The first-order chi connectivity index (χ1) is 10.1. The first-order valence-electron chi connectivity index (χ1n) is 7.52. The molecule has 1 N–H and O–H groups in total. The van der Waals surface area contributed by atoms with Crippen molar-refractivity contribution in [2.75, 3.05) is 18.5 Å². The minimum absolute atomic E-state index is 0.841. The average Bonchev–Trinajstić information content (AvgIpc) is 3.04. The van der Waals surface area contributed by atoms with E-state index in [1.807, 2.05) is 17.9 Å². The zero-order valence-electron chi connectivity index (χ0n) is 13.4. The fraction of sp³-hybridized carbons (Fsp3) is 0.600. The van der Waals surface area contributed by atoms with Gasteiger partial charge in [-0.25, -0.2) is 4.98 Å². The van der Waals surface area contributed by atoms with Gasteiger partial charge in [-0.1, -0.05) is 20.3 Å². The Kier molecular flexibility index (Phi) is 5.76. The lowest BCUT2D eigenvalue weighted by molar-refractivity contribution is 0.723. The molecule has 5 nitrogen and oxygen atoms in total. The van der Waals surface area contributed by atoms with Crippen molar-refractivity contribution in [3.63, 3.8) is 0 Å². The minimum atomic E-state index is 0.841. The Morgan fingerprint density at radius 3 is 2.81 bits per heavy atom. The van der Waals surface area contributed by atoms with Gasteiger partial charge in [-0.3, -0.25) is 4.68 Å². The predicted octanol–water partition coefficient (Wildman–Crippen LogP) is 2.58. The van der Waals surface area contributed by atoms with Crippen LogP contribution in [0.15, 0.2) is 12.4 Å². The van der Waals surface area contributed by atoms with E-state index in [0.29, 0.717) is 0 Å². The Balaban J connectivity index is 2.10. The topological polar surface area (TPSA) is 46.0 Å². The van der Waals surface area contributed by atoms with Gasteiger partial charge in [0, 0.05) is 43.8 Å². The van der Waals surface area contributed by atoms with Crippen molar-refractivity contribution in [3.8, 4) is 0 Å². The van der Waals surface area contributed by atoms with E-state index in [9.17, 15) is 0 Å². The highest BCUT2D eigenvalue weighted by Gasteiger charge is 2.14. The molecule has 0 aliphatic rings. The first-order valence-corrected chi connectivity index (χ1v) is 8.33. The van der Waals surface area contributed by atoms with Gasteiger partial charge in [0.15, 0.2) is 5.13 Å². The van der Waals surface area contributed by atoms with Gasteiger partial charge in [-0.2, -0.15) is 5.10 Å². The summed E-state index contributed by atoms with van der Waals surface area (Å²) >= 11 is 1.80. The van der Waals surface area contributed by atoms with Crippen molar-refractivity contribution < 1.29 is 0 Å².